The zero-order valence-electron chi connectivity index (χ0n) is 8.71. The Bertz CT molecular complexity index is 313. The van der Waals surface area contributed by atoms with E-state index in [1.54, 1.807) is 0 Å². The van der Waals surface area contributed by atoms with E-state index in [1.165, 1.54) is 19.3 Å². The lowest BCUT2D eigenvalue weighted by Crippen LogP contribution is -2.42. The molecule has 0 unspecified atom stereocenters. The SMILES string of the molecule is NCC1(COc2ccc(Cl)cc2)CCC1. The molecule has 0 bridgehead atoms. The topological polar surface area (TPSA) is 35.2 Å². The lowest BCUT2D eigenvalue weighted by atomic mass is 9.69. The molecule has 2 rings (SSSR count). The van der Waals surface area contributed by atoms with Gasteiger partial charge in [0, 0.05) is 17.0 Å². The molecule has 1 aromatic carbocycles. The fourth-order valence-corrected chi connectivity index (χ4v) is 1.98. The summed E-state index contributed by atoms with van der Waals surface area (Å²) in [5.74, 6) is 0.874. The Balaban J connectivity index is 1.90. The summed E-state index contributed by atoms with van der Waals surface area (Å²) in [4.78, 5) is 0. The Morgan fingerprint density at radius 3 is 2.40 bits per heavy atom. The molecule has 0 atom stereocenters. The van der Waals surface area contributed by atoms with E-state index in [0.717, 1.165) is 23.9 Å². The Morgan fingerprint density at radius 1 is 1.27 bits per heavy atom. The molecule has 0 amide bonds. The molecule has 0 spiro atoms. The van der Waals surface area contributed by atoms with Crippen molar-refractivity contribution in [2.75, 3.05) is 13.2 Å². The third-order valence-electron chi connectivity index (χ3n) is 3.21. The highest BCUT2D eigenvalue weighted by Gasteiger charge is 2.36. The van der Waals surface area contributed by atoms with Crippen LogP contribution in [0, 0.1) is 5.41 Å². The summed E-state index contributed by atoms with van der Waals surface area (Å²) in [6.45, 7) is 1.45. The van der Waals surface area contributed by atoms with Crippen LogP contribution in [0.4, 0.5) is 0 Å². The molecule has 15 heavy (non-hydrogen) atoms. The van der Waals surface area contributed by atoms with Crippen molar-refractivity contribution in [1.82, 2.24) is 0 Å². The fraction of sp³-hybridized carbons (Fsp3) is 0.500. The Labute approximate surface area is 95.4 Å². The molecular weight excluding hydrogens is 210 g/mol. The molecule has 0 saturated heterocycles. The first-order valence-electron chi connectivity index (χ1n) is 5.33. The maximum absolute atomic E-state index is 5.79. The lowest BCUT2D eigenvalue weighted by molar-refractivity contribution is 0.0668. The van der Waals surface area contributed by atoms with Gasteiger partial charge in [0.2, 0.25) is 0 Å². The van der Waals surface area contributed by atoms with Crippen LogP contribution in [0.1, 0.15) is 19.3 Å². The van der Waals surface area contributed by atoms with Gasteiger partial charge >= 0.3 is 0 Å². The zero-order chi connectivity index (χ0) is 10.7. The van der Waals surface area contributed by atoms with E-state index in [2.05, 4.69) is 0 Å². The second kappa shape index (κ2) is 4.42. The van der Waals surface area contributed by atoms with Crippen molar-refractivity contribution in [3.05, 3.63) is 29.3 Å². The molecular formula is C12H16ClNO. The van der Waals surface area contributed by atoms with Crippen LogP contribution in [0.2, 0.25) is 5.02 Å². The molecule has 0 radical (unpaired) electrons. The minimum Gasteiger partial charge on any atom is -0.493 e. The zero-order valence-corrected chi connectivity index (χ0v) is 9.46. The predicted octanol–water partition coefficient (Wildman–Crippen LogP) is 2.85. The average Bonchev–Trinajstić information content (AvgIpc) is 2.20. The van der Waals surface area contributed by atoms with Gasteiger partial charge in [-0.3, -0.25) is 0 Å². The van der Waals surface area contributed by atoms with Gasteiger partial charge in [-0.05, 0) is 37.1 Å². The smallest absolute Gasteiger partial charge is 0.119 e. The standard InChI is InChI=1S/C12H16ClNO/c13-10-2-4-11(5-3-10)15-9-12(8-14)6-1-7-12/h2-5H,1,6-9,14H2. The van der Waals surface area contributed by atoms with Crippen molar-refractivity contribution in [3.63, 3.8) is 0 Å². The molecule has 82 valence electrons. The molecule has 0 heterocycles. The first-order valence-corrected chi connectivity index (χ1v) is 5.70. The number of benzene rings is 1. The minimum atomic E-state index is 0.236. The molecule has 1 aromatic rings. The van der Waals surface area contributed by atoms with Gasteiger partial charge in [0.1, 0.15) is 5.75 Å². The monoisotopic (exact) mass is 225 g/mol. The first-order chi connectivity index (χ1) is 7.24. The van der Waals surface area contributed by atoms with Gasteiger partial charge in [0.25, 0.3) is 0 Å². The van der Waals surface area contributed by atoms with E-state index < -0.39 is 0 Å². The predicted molar refractivity (Wildman–Crippen MR) is 62.3 cm³/mol. The average molecular weight is 226 g/mol. The quantitative estimate of drug-likeness (QED) is 0.855. The third kappa shape index (κ3) is 2.44. The molecule has 1 aliphatic rings. The number of hydrogen-bond acceptors (Lipinski definition) is 2. The highest BCUT2D eigenvalue weighted by Crippen LogP contribution is 2.40. The molecule has 0 aromatic heterocycles. The summed E-state index contributed by atoms with van der Waals surface area (Å²) in [5.41, 5.74) is 5.99. The van der Waals surface area contributed by atoms with Crippen LogP contribution in [-0.2, 0) is 0 Å². The first kappa shape index (κ1) is 10.8. The molecule has 1 saturated carbocycles. The normalized spacial score (nSPS) is 18.3. The summed E-state index contributed by atoms with van der Waals surface area (Å²) in [5, 5.41) is 0.736. The number of ether oxygens (including phenoxy) is 1. The van der Waals surface area contributed by atoms with E-state index in [9.17, 15) is 0 Å². The van der Waals surface area contributed by atoms with Gasteiger partial charge in [-0.15, -0.1) is 0 Å². The van der Waals surface area contributed by atoms with E-state index in [0.29, 0.717) is 0 Å². The van der Waals surface area contributed by atoms with Crippen molar-refractivity contribution in [1.29, 1.82) is 0 Å². The third-order valence-corrected chi connectivity index (χ3v) is 3.46. The van der Waals surface area contributed by atoms with Crippen molar-refractivity contribution in [2.24, 2.45) is 11.1 Å². The van der Waals surface area contributed by atoms with Crippen LogP contribution in [0.3, 0.4) is 0 Å². The van der Waals surface area contributed by atoms with E-state index in [1.807, 2.05) is 24.3 Å². The van der Waals surface area contributed by atoms with Gasteiger partial charge in [0.05, 0.1) is 6.61 Å². The van der Waals surface area contributed by atoms with Gasteiger partial charge in [-0.25, -0.2) is 0 Å². The Hall–Kier alpha value is -0.730. The maximum Gasteiger partial charge on any atom is 0.119 e. The van der Waals surface area contributed by atoms with Crippen molar-refractivity contribution in [2.45, 2.75) is 19.3 Å². The van der Waals surface area contributed by atoms with Crippen LogP contribution in [-0.4, -0.2) is 13.2 Å². The molecule has 1 fully saturated rings. The van der Waals surface area contributed by atoms with Crippen LogP contribution >= 0.6 is 11.6 Å². The van der Waals surface area contributed by atoms with Crippen molar-refractivity contribution in [3.8, 4) is 5.75 Å². The number of halogens is 1. The van der Waals surface area contributed by atoms with Gasteiger partial charge in [-0.1, -0.05) is 18.0 Å². The maximum atomic E-state index is 5.79. The summed E-state index contributed by atoms with van der Waals surface area (Å²) < 4.78 is 5.72. The van der Waals surface area contributed by atoms with Crippen LogP contribution in [0.5, 0.6) is 5.75 Å². The molecule has 1 aliphatic carbocycles. The highest BCUT2D eigenvalue weighted by atomic mass is 35.5. The van der Waals surface area contributed by atoms with Gasteiger partial charge in [0.15, 0.2) is 0 Å². The summed E-state index contributed by atoms with van der Waals surface area (Å²) in [6.07, 6.45) is 3.66. The Morgan fingerprint density at radius 2 is 1.93 bits per heavy atom. The largest absolute Gasteiger partial charge is 0.493 e. The van der Waals surface area contributed by atoms with Crippen molar-refractivity contribution >= 4 is 11.6 Å². The summed E-state index contributed by atoms with van der Waals surface area (Å²) >= 11 is 5.79. The molecule has 2 nitrogen and oxygen atoms in total. The number of hydrogen-bond donors (Lipinski definition) is 1. The minimum absolute atomic E-state index is 0.236. The molecule has 2 N–H and O–H groups in total. The van der Waals surface area contributed by atoms with E-state index >= 15 is 0 Å². The highest BCUT2D eigenvalue weighted by molar-refractivity contribution is 6.30. The second-order valence-electron chi connectivity index (χ2n) is 4.30. The van der Waals surface area contributed by atoms with E-state index in [4.69, 9.17) is 22.1 Å². The second-order valence-corrected chi connectivity index (χ2v) is 4.74. The number of nitrogens with two attached hydrogens (primary N) is 1. The summed E-state index contributed by atoms with van der Waals surface area (Å²) in [6, 6.07) is 7.47. The molecule has 3 heteroatoms. The van der Waals surface area contributed by atoms with Crippen LogP contribution < -0.4 is 10.5 Å². The van der Waals surface area contributed by atoms with Crippen molar-refractivity contribution < 1.29 is 4.74 Å². The van der Waals surface area contributed by atoms with E-state index in [-0.39, 0.29) is 5.41 Å². The van der Waals surface area contributed by atoms with Crippen LogP contribution in [0.25, 0.3) is 0 Å². The van der Waals surface area contributed by atoms with Crippen LogP contribution in [0.15, 0.2) is 24.3 Å². The summed E-state index contributed by atoms with van der Waals surface area (Å²) in [7, 11) is 0. The molecule has 0 aliphatic heterocycles. The number of rotatable bonds is 4. The van der Waals surface area contributed by atoms with Gasteiger partial charge < -0.3 is 10.5 Å². The fourth-order valence-electron chi connectivity index (χ4n) is 1.85. The van der Waals surface area contributed by atoms with Gasteiger partial charge in [-0.2, -0.15) is 0 Å². The Kier molecular flexibility index (Phi) is 3.17. The lowest BCUT2D eigenvalue weighted by Gasteiger charge is -2.40.